The average Bonchev–Trinajstić information content (AvgIpc) is 3.01. The summed E-state index contributed by atoms with van der Waals surface area (Å²) in [6.07, 6.45) is 1.09. The maximum absolute atomic E-state index is 12.5. The monoisotopic (exact) mass is 372 g/mol. The Kier molecular flexibility index (Phi) is 6.21. The van der Waals surface area contributed by atoms with Crippen LogP contribution in [0, 0.1) is 11.3 Å². The Hall–Kier alpha value is -2.06. The third-order valence-corrected chi connectivity index (χ3v) is 4.73. The largest absolute Gasteiger partial charge is 0.485 e. The van der Waals surface area contributed by atoms with Gasteiger partial charge in [0, 0.05) is 18.5 Å². The van der Waals surface area contributed by atoms with E-state index >= 15 is 0 Å². The van der Waals surface area contributed by atoms with Crippen molar-refractivity contribution >= 4 is 5.91 Å². The van der Waals surface area contributed by atoms with E-state index in [0.29, 0.717) is 18.5 Å². The zero-order valence-electron chi connectivity index (χ0n) is 17.6. The Bertz CT molecular complexity index is 728. The number of benzene rings is 1. The number of likely N-dealkylation sites (tertiary alicyclic amines) is 1. The van der Waals surface area contributed by atoms with Crippen molar-refractivity contribution in [3.05, 3.63) is 29.3 Å². The lowest BCUT2D eigenvalue weighted by Gasteiger charge is -2.49. The van der Waals surface area contributed by atoms with Gasteiger partial charge in [-0.3, -0.25) is 4.79 Å². The van der Waals surface area contributed by atoms with Gasteiger partial charge in [0.1, 0.15) is 17.5 Å². The molecule has 1 aromatic rings. The van der Waals surface area contributed by atoms with E-state index in [4.69, 9.17) is 9.47 Å². The Morgan fingerprint density at radius 3 is 2.48 bits per heavy atom. The number of fused-ring (bicyclic) bond motifs is 1. The summed E-state index contributed by atoms with van der Waals surface area (Å²) in [5, 5.41) is 9.30. The Morgan fingerprint density at radius 2 is 1.96 bits per heavy atom. The average molecular weight is 373 g/mol. The molecule has 2 aliphatic rings. The molecule has 0 aliphatic carbocycles. The number of nitrogens with zero attached hydrogens (tertiary/aromatic N) is 2. The zero-order chi connectivity index (χ0) is 20.4. The number of hydrogen-bond donors (Lipinski definition) is 0. The van der Waals surface area contributed by atoms with Crippen molar-refractivity contribution in [3.63, 3.8) is 0 Å². The van der Waals surface area contributed by atoms with Gasteiger partial charge in [-0.25, -0.2) is 0 Å². The molecule has 1 saturated heterocycles. The molecule has 0 N–H and O–H groups in total. The first-order chi connectivity index (χ1) is 12.6. The van der Waals surface area contributed by atoms with E-state index in [0.717, 1.165) is 17.7 Å². The molecule has 0 aromatic heterocycles. The zero-order valence-corrected chi connectivity index (χ0v) is 17.6. The van der Waals surface area contributed by atoms with Gasteiger partial charge in [0.05, 0.1) is 23.3 Å². The highest BCUT2D eigenvalue weighted by molar-refractivity contribution is 5.79. The van der Waals surface area contributed by atoms with Crippen molar-refractivity contribution in [2.45, 2.75) is 84.7 Å². The maximum Gasteiger partial charge on any atom is 0.223 e. The van der Waals surface area contributed by atoms with E-state index in [2.05, 4.69) is 6.07 Å². The van der Waals surface area contributed by atoms with Crippen LogP contribution in [-0.4, -0.2) is 34.7 Å². The molecule has 1 fully saturated rings. The van der Waals surface area contributed by atoms with Crippen molar-refractivity contribution in [3.8, 4) is 11.8 Å². The van der Waals surface area contributed by atoms with Gasteiger partial charge in [0.15, 0.2) is 0 Å². The third kappa shape index (κ3) is 4.44. The van der Waals surface area contributed by atoms with Crippen LogP contribution in [0.3, 0.4) is 0 Å². The molecule has 2 heterocycles. The van der Waals surface area contributed by atoms with Crippen LogP contribution in [0.2, 0.25) is 0 Å². The van der Waals surface area contributed by atoms with Crippen molar-refractivity contribution in [1.29, 1.82) is 5.26 Å². The molecule has 2 aliphatic heterocycles. The van der Waals surface area contributed by atoms with E-state index in [1.807, 2.05) is 65.5 Å². The summed E-state index contributed by atoms with van der Waals surface area (Å²) in [6.45, 7) is 14.7. The van der Waals surface area contributed by atoms with Crippen molar-refractivity contribution in [2.75, 3.05) is 6.54 Å². The van der Waals surface area contributed by atoms with Gasteiger partial charge >= 0.3 is 0 Å². The summed E-state index contributed by atoms with van der Waals surface area (Å²) in [6, 6.07) is 7.35. The molecule has 2 unspecified atom stereocenters. The first-order valence-electron chi connectivity index (χ1n) is 9.83. The highest BCUT2D eigenvalue weighted by Crippen LogP contribution is 2.46. The summed E-state index contributed by atoms with van der Waals surface area (Å²) in [5.41, 5.74) is 0.453. The van der Waals surface area contributed by atoms with Crippen LogP contribution in [0.1, 0.15) is 78.5 Å². The summed E-state index contributed by atoms with van der Waals surface area (Å²) >= 11 is 0. The molecule has 3 rings (SSSR count). The van der Waals surface area contributed by atoms with Gasteiger partial charge in [-0.1, -0.05) is 13.8 Å². The number of carbonyl (C=O) groups is 1. The highest BCUT2D eigenvalue weighted by atomic mass is 16.6. The van der Waals surface area contributed by atoms with Crippen LogP contribution in [-0.2, 0) is 9.53 Å². The van der Waals surface area contributed by atoms with Crippen LogP contribution in [0.5, 0.6) is 5.75 Å². The number of rotatable bonds is 2. The minimum Gasteiger partial charge on any atom is -0.485 e. The second-order valence-electron chi connectivity index (χ2n) is 8.36. The molecule has 0 bridgehead atoms. The minimum absolute atomic E-state index is 0.138. The molecule has 0 radical (unpaired) electrons. The van der Waals surface area contributed by atoms with Crippen molar-refractivity contribution in [1.82, 2.24) is 4.90 Å². The van der Waals surface area contributed by atoms with E-state index < -0.39 is 5.60 Å². The van der Waals surface area contributed by atoms with Crippen molar-refractivity contribution in [2.24, 2.45) is 0 Å². The maximum atomic E-state index is 12.5. The van der Waals surface area contributed by atoms with Crippen LogP contribution >= 0.6 is 0 Å². The molecule has 0 spiro atoms. The van der Waals surface area contributed by atoms with Crippen LogP contribution in [0.25, 0.3) is 0 Å². The minimum atomic E-state index is -0.595. The second kappa shape index (κ2) is 7.90. The molecule has 2 atom stereocenters. The molecular weight excluding hydrogens is 340 g/mol. The normalized spacial score (nSPS) is 23.6. The predicted molar refractivity (Wildman–Crippen MR) is 106 cm³/mol. The molecule has 5 nitrogen and oxygen atoms in total. The summed E-state index contributed by atoms with van der Waals surface area (Å²) in [5.74, 6) is 0.862. The molecule has 148 valence electrons. The lowest BCUT2D eigenvalue weighted by Crippen LogP contribution is -2.57. The standard InChI is InChI=1S/C20H26N2O3.C2H6/c1-19(2,3)25-18-17(22-10-6-7-16(22)23)14-11-13(12-21)8-9-15(14)24-20(18,4)5;1-2/h8-9,11,17-18H,6-7,10H2,1-5H3;1-2H3. The topological polar surface area (TPSA) is 62.6 Å². The summed E-state index contributed by atoms with van der Waals surface area (Å²) in [7, 11) is 0. The highest BCUT2D eigenvalue weighted by Gasteiger charge is 2.50. The Balaban J connectivity index is 0.00000126. The number of ether oxygens (including phenoxy) is 2. The lowest BCUT2D eigenvalue weighted by atomic mass is 9.84. The first-order valence-corrected chi connectivity index (χ1v) is 9.83. The van der Waals surface area contributed by atoms with Gasteiger partial charge in [-0.2, -0.15) is 5.26 Å². The third-order valence-electron chi connectivity index (χ3n) is 4.73. The van der Waals surface area contributed by atoms with Crippen LogP contribution in [0.4, 0.5) is 0 Å². The van der Waals surface area contributed by atoms with E-state index in [-0.39, 0.29) is 23.7 Å². The van der Waals surface area contributed by atoms with Crippen molar-refractivity contribution < 1.29 is 14.3 Å². The molecule has 27 heavy (non-hydrogen) atoms. The van der Waals surface area contributed by atoms with Crippen LogP contribution in [0.15, 0.2) is 18.2 Å². The summed E-state index contributed by atoms with van der Waals surface area (Å²) in [4.78, 5) is 14.4. The first kappa shape index (κ1) is 21.2. The molecule has 1 aromatic carbocycles. The Morgan fingerprint density at radius 1 is 1.30 bits per heavy atom. The molecule has 1 amide bonds. The van der Waals surface area contributed by atoms with Gasteiger partial charge in [-0.15, -0.1) is 0 Å². The summed E-state index contributed by atoms with van der Waals surface area (Å²) < 4.78 is 12.6. The van der Waals surface area contributed by atoms with Gasteiger partial charge in [0.25, 0.3) is 0 Å². The fourth-order valence-corrected chi connectivity index (χ4v) is 3.71. The van der Waals surface area contributed by atoms with E-state index in [1.165, 1.54) is 0 Å². The van der Waals surface area contributed by atoms with E-state index in [9.17, 15) is 10.1 Å². The SMILES string of the molecule is CC.CC(C)(C)OC1C(N2CCCC2=O)c2cc(C#N)ccc2OC1(C)C. The lowest BCUT2D eigenvalue weighted by molar-refractivity contribution is -0.178. The molecule has 0 saturated carbocycles. The number of carbonyl (C=O) groups excluding carboxylic acids is 1. The van der Waals surface area contributed by atoms with Gasteiger partial charge in [0.2, 0.25) is 5.91 Å². The van der Waals surface area contributed by atoms with E-state index in [1.54, 1.807) is 6.07 Å². The Labute approximate surface area is 163 Å². The number of nitriles is 1. The van der Waals surface area contributed by atoms with Crippen LogP contribution < -0.4 is 4.74 Å². The van der Waals surface area contributed by atoms with Gasteiger partial charge in [-0.05, 0) is 59.2 Å². The number of amides is 1. The quantitative estimate of drug-likeness (QED) is 0.761. The molecule has 5 heteroatoms. The fourth-order valence-electron chi connectivity index (χ4n) is 3.71. The smallest absolute Gasteiger partial charge is 0.223 e. The molecular formula is C22H32N2O3. The predicted octanol–water partition coefficient (Wildman–Crippen LogP) is 4.60. The number of hydrogen-bond acceptors (Lipinski definition) is 4. The fraction of sp³-hybridized carbons (Fsp3) is 0.636. The van der Waals surface area contributed by atoms with Gasteiger partial charge < -0.3 is 14.4 Å². The second-order valence-corrected chi connectivity index (χ2v) is 8.36.